The molecular formula is C22H24N4O2. The van der Waals surface area contributed by atoms with Crippen LogP contribution in [-0.2, 0) is 11.3 Å². The van der Waals surface area contributed by atoms with Gasteiger partial charge in [0, 0.05) is 24.5 Å². The molecule has 0 spiro atoms. The number of hydrogen-bond donors (Lipinski definition) is 1. The van der Waals surface area contributed by atoms with Gasteiger partial charge in [0.05, 0.1) is 17.2 Å². The summed E-state index contributed by atoms with van der Waals surface area (Å²) in [5.41, 5.74) is 2.98. The molecule has 1 aliphatic rings. The van der Waals surface area contributed by atoms with Crippen molar-refractivity contribution in [1.82, 2.24) is 9.55 Å². The van der Waals surface area contributed by atoms with Crippen molar-refractivity contribution < 1.29 is 4.79 Å². The lowest BCUT2D eigenvalue weighted by molar-refractivity contribution is -0.116. The van der Waals surface area contributed by atoms with E-state index in [1.54, 1.807) is 6.07 Å². The van der Waals surface area contributed by atoms with Gasteiger partial charge in [0.1, 0.15) is 6.54 Å². The van der Waals surface area contributed by atoms with Crippen LogP contribution in [0.3, 0.4) is 0 Å². The van der Waals surface area contributed by atoms with Crippen molar-refractivity contribution >= 4 is 28.3 Å². The molecule has 6 heteroatoms. The first-order valence-electron chi connectivity index (χ1n) is 9.80. The average Bonchev–Trinajstić information content (AvgIpc) is 3.00. The second kappa shape index (κ2) is 8.25. The van der Waals surface area contributed by atoms with Crippen molar-refractivity contribution in [3.63, 3.8) is 0 Å². The number of para-hydroxylation sites is 2. The van der Waals surface area contributed by atoms with Crippen molar-refractivity contribution in [1.29, 1.82) is 0 Å². The largest absolute Gasteiger partial charge is 0.372 e. The Hall–Kier alpha value is -3.15. The zero-order chi connectivity index (χ0) is 19.3. The minimum absolute atomic E-state index is 0.0459. The predicted octanol–water partition coefficient (Wildman–Crippen LogP) is 3.42. The van der Waals surface area contributed by atoms with Crippen LogP contribution in [0, 0.1) is 0 Å². The number of hydrogen-bond acceptors (Lipinski definition) is 4. The van der Waals surface area contributed by atoms with Crippen LogP contribution in [0.5, 0.6) is 0 Å². The summed E-state index contributed by atoms with van der Waals surface area (Å²) in [5, 5.41) is 2.89. The molecule has 1 aromatic heterocycles. The third-order valence-electron chi connectivity index (χ3n) is 5.18. The molecule has 0 atom stereocenters. The highest BCUT2D eigenvalue weighted by Crippen LogP contribution is 2.21. The molecule has 3 aromatic rings. The average molecular weight is 376 g/mol. The van der Waals surface area contributed by atoms with Crippen molar-refractivity contribution in [2.24, 2.45) is 0 Å². The fourth-order valence-electron chi connectivity index (χ4n) is 3.71. The molecule has 0 unspecified atom stereocenters. The fraction of sp³-hybridized carbons (Fsp3) is 0.318. The van der Waals surface area contributed by atoms with Crippen molar-refractivity contribution in [3.05, 3.63) is 65.1 Å². The van der Waals surface area contributed by atoms with Gasteiger partial charge in [-0.25, -0.2) is 4.98 Å². The van der Waals surface area contributed by atoms with Gasteiger partial charge in [0.2, 0.25) is 5.91 Å². The molecule has 1 N–H and O–H groups in total. The lowest BCUT2D eigenvalue weighted by Gasteiger charge is -2.22. The van der Waals surface area contributed by atoms with E-state index in [9.17, 15) is 9.59 Å². The highest BCUT2D eigenvalue weighted by atomic mass is 16.2. The smallest absolute Gasteiger partial charge is 0.269 e. The number of nitrogens with one attached hydrogen (secondary N) is 1. The van der Waals surface area contributed by atoms with Crippen LogP contribution in [-0.4, -0.2) is 28.5 Å². The molecule has 1 saturated heterocycles. The Bertz CT molecular complexity index is 1020. The standard InChI is InChI=1S/C22H24N4O2/c27-21(16-26-20-8-4-3-7-19(20)23-15-22(26)28)24-17-9-11-18(12-10-17)25-13-5-1-2-6-14-25/h3-4,7-12,15H,1-2,5-6,13-14,16H2,(H,24,27). The van der Waals surface area contributed by atoms with Crippen LogP contribution in [0.4, 0.5) is 11.4 Å². The van der Waals surface area contributed by atoms with Crippen LogP contribution in [0.15, 0.2) is 59.5 Å². The predicted molar refractivity (Wildman–Crippen MR) is 112 cm³/mol. The van der Waals surface area contributed by atoms with Gasteiger partial charge in [-0.1, -0.05) is 25.0 Å². The molecule has 1 aliphatic heterocycles. The van der Waals surface area contributed by atoms with Crippen molar-refractivity contribution in [3.8, 4) is 0 Å². The van der Waals surface area contributed by atoms with Gasteiger partial charge in [-0.3, -0.25) is 14.2 Å². The first kappa shape index (κ1) is 18.2. The monoisotopic (exact) mass is 376 g/mol. The summed E-state index contributed by atoms with van der Waals surface area (Å²) >= 11 is 0. The van der Waals surface area contributed by atoms with Gasteiger partial charge < -0.3 is 10.2 Å². The van der Waals surface area contributed by atoms with E-state index >= 15 is 0 Å². The molecule has 2 aromatic carbocycles. The Morgan fingerprint density at radius 2 is 1.68 bits per heavy atom. The van der Waals surface area contributed by atoms with E-state index < -0.39 is 0 Å². The summed E-state index contributed by atoms with van der Waals surface area (Å²) in [6.07, 6.45) is 6.31. The molecule has 1 amide bonds. The molecule has 0 aliphatic carbocycles. The molecule has 144 valence electrons. The fourth-order valence-corrected chi connectivity index (χ4v) is 3.71. The van der Waals surface area contributed by atoms with Crippen LogP contribution < -0.4 is 15.8 Å². The number of benzene rings is 2. The highest BCUT2D eigenvalue weighted by molar-refractivity contribution is 5.91. The van der Waals surface area contributed by atoms with E-state index in [1.807, 2.05) is 30.3 Å². The lowest BCUT2D eigenvalue weighted by atomic mass is 10.2. The number of rotatable bonds is 4. The van der Waals surface area contributed by atoms with Crippen LogP contribution in [0.1, 0.15) is 25.7 Å². The van der Waals surface area contributed by atoms with Gasteiger partial charge >= 0.3 is 0 Å². The first-order valence-corrected chi connectivity index (χ1v) is 9.80. The molecule has 0 bridgehead atoms. The number of nitrogens with zero attached hydrogens (tertiary/aromatic N) is 3. The number of aromatic nitrogens is 2. The molecule has 0 saturated carbocycles. The second-order valence-corrected chi connectivity index (χ2v) is 7.17. The number of fused-ring (bicyclic) bond motifs is 1. The second-order valence-electron chi connectivity index (χ2n) is 7.17. The van der Waals surface area contributed by atoms with E-state index in [-0.39, 0.29) is 18.0 Å². The molecule has 4 rings (SSSR count). The first-order chi connectivity index (χ1) is 13.7. The Morgan fingerprint density at radius 3 is 2.43 bits per heavy atom. The summed E-state index contributed by atoms with van der Waals surface area (Å²) < 4.78 is 1.45. The Balaban J connectivity index is 1.46. The zero-order valence-electron chi connectivity index (χ0n) is 15.8. The maximum atomic E-state index is 12.5. The molecule has 28 heavy (non-hydrogen) atoms. The van der Waals surface area contributed by atoms with E-state index in [0.29, 0.717) is 11.0 Å². The van der Waals surface area contributed by atoms with Gasteiger partial charge in [0.25, 0.3) is 5.56 Å². The minimum Gasteiger partial charge on any atom is -0.372 e. The SMILES string of the molecule is O=C(Cn1c(=O)cnc2ccccc21)Nc1ccc(N2CCCCCC2)cc1. The highest BCUT2D eigenvalue weighted by Gasteiger charge is 2.11. The normalized spacial score (nSPS) is 14.6. The van der Waals surface area contributed by atoms with E-state index in [4.69, 9.17) is 0 Å². The van der Waals surface area contributed by atoms with E-state index in [0.717, 1.165) is 18.8 Å². The van der Waals surface area contributed by atoms with Crippen LogP contribution in [0.25, 0.3) is 11.0 Å². The summed E-state index contributed by atoms with van der Waals surface area (Å²) in [6, 6.07) is 15.3. The third-order valence-corrected chi connectivity index (χ3v) is 5.18. The topological polar surface area (TPSA) is 67.2 Å². The minimum atomic E-state index is -0.287. The quantitative estimate of drug-likeness (QED) is 0.758. The molecule has 2 heterocycles. The summed E-state index contributed by atoms with van der Waals surface area (Å²) in [4.78, 5) is 31.2. The van der Waals surface area contributed by atoms with Gasteiger partial charge in [-0.05, 0) is 49.2 Å². The molecule has 1 fully saturated rings. The van der Waals surface area contributed by atoms with Crippen LogP contribution in [0.2, 0.25) is 0 Å². The molecule has 6 nitrogen and oxygen atoms in total. The summed E-state index contributed by atoms with van der Waals surface area (Å²) in [6.45, 7) is 2.13. The number of carbonyl (C=O) groups excluding carboxylic acids is 1. The third kappa shape index (κ3) is 4.06. The Morgan fingerprint density at radius 1 is 0.964 bits per heavy atom. The van der Waals surface area contributed by atoms with Gasteiger partial charge in [0.15, 0.2) is 0 Å². The lowest BCUT2D eigenvalue weighted by Crippen LogP contribution is -2.28. The van der Waals surface area contributed by atoms with Gasteiger partial charge in [-0.15, -0.1) is 0 Å². The maximum absolute atomic E-state index is 12.5. The number of anilines is 2. The molecular weight excluding hydrogens is 352 g/mol. The summed E-state index contributed by atoms with van der Waals surface area (Å²) in [5.74, 6) is -0.235. The Kier molecular flexibility index (Phi) is 5.37. The van der Waals surface area contributed by atoms with E-state index in [2.05, 4.69) is 27.3 Å². The summed E-state index contributed by atoms with van der Waals surface area (Å²) in [7, 11) is 0. The van der Waals surface area contributed by atoms with Crippen LogP contribution >= 0.6 is 0 Å². The number of carbonyl (C=O) groups is 1. The number of amides is 1. The Labute approximate surface area is 163 Å². The van der Waals surface area contributed by atoms with E-state index in [1.165, 1.54) is 42.1 Å². The zero-order valence-corrected chi connectivity index (χ0v) is 15.8. The van der Waals surface area contributed by atoms with Crippen molar-refractivity contribution in [2.45, 2.75) is 32.2 Å². The van der Waals surface area contributed by atoms with Crippen molar-refractivity contribution in [2.75, 3.05) is 23.3 Å². The van der Waals surface area contributed by atoms with Gasteiger partial charge in [-0.2, -0.15) is 0 Å². The molecule has 0 radical (unpaired) electrons. The maximum Gasteiger partial charge on any atom is 0.269 e.